The van der Waals surface area contributed by atoms with Crippen LogP contribution in [0.25, 0.3) is 0 Å². The second-order valence-electron chi connectivity index (χ2n) is 8.00. The molecule has 28 heavy (non-hydrogen) atoms. The molecule has 1 saturated heterocycles. The average Bonchev–Trinajstić information content (AvgIpc) is 2.64. The molecule has 0 unspecified atom stereocenters. The Morgan fingerprint density at radius 1 is 1.36 bits per heavy atom. The molecular formula is C19H30N4O5. The number of amides is 1. The first kappa shape index (κ1) is 22.0. The molecule has 1 aromatic heterocycles. The third kappa shape index (κ3) is 6.72. The summed E-state index contributed by atoms with van der Waals surface area (Å²) in [5.41, 5.74) is -0.130. The molecule has 156 valence electrons. The molecule has 0 atom stereocenters. The third-order valence-electron chi connectivity index (χ3n) is 4.60. The molecule has 2 rings (SSSR count). The van der Waals surface area contributed by atoms with Gasteiger partial charge in [0.25, 0.3) is 0 Å². The minimum Gasteiger partial charge on any atom is -0.443 e. The van der Waals surface area contributed by atoms with Crippen LogP contribution < -0.4 is 4.90 Å². The number of aromatic nitrogens is 1. The Morgan fingerprint density at radius 3 is 2.54 bits per heavy atom. The van der Waals surface area contributed by atoms with Crippen LogP contribution in [0.4, 0.5) is 16.3 Å². The lowest BCUT2D eigenvalue weighted by Gasteiger charge is -2.35. The van der Waals surface area contributed by atoms with E-state index in [1.807, 2.05) is 20.8 Å². The van der Waals surface area contributed by atoms with Crippen LogP contribution in [0.1, 0.15) is 33.6 Å². The molecular weight excluding hydrogens is 364 g/mol. The van der Waals surface area contributed by atoms with E-state index in [-0.39, 0.29) is 5.82 Å². The fraction of sp³-hybridized carbons (Fsp3) is 0.684. The highest BCUT2D eigenvalue weighted by Crippen LogP contribution is 2.25. The average molecular weight is 394 g/mol. The van der Waals surface area contributed by atoms with Crippen LogP contribution in [0, 0.1) is 16.0 Å². The molecule has 0 aliphatic carbocycles. The quantitative estimate of drug-likeness (QED) is 0.518. The van der Waals surface area contributed by atoms with Crippen LogP contribution in [0.3, 0.4) is 0 Å². The number of piperidine rings is 1. The monoisotopic (exact) mass is 394 g/mol. The van der Waals surface area contributed by atoms with Gasteiger partial charge in [-0.2, -0.15) is 0 Å². The van der Waals surface area contributed by atoms with Crippen molar-refractivity contribution < 1.29 is 19.2 Å². The number of pyridine rings is 1. The molecule has 0 radical (unpaired) electrons. The first-order valence-corrected chi connectivity index (χ1v) is 9.52. The highest BCUT2D eigenvalue weighted by atomic mass is 16.6. The molecule has 0 spiro atoms. The van der Waals surface area contributed by atoms with E-state index in [1.165, 1.54) is 17.2 Å². The maximum absolute atomic E-state index is 12.8. The van der Waals surface area contributed by atoms with Gasteiger partial charge in [-0.25, -0.2) is 4.79 Å². The number of carbonyl (C=O) groups excluding carboxylic acids is 1. The molecule has 0 saturated carbocycles. The highest BCUT2D eigenvalue weighted by molar-refractivity contribution is 5.87. The van der Waals surface area contributed by atoms with Gasteiger partial charge in [0, 0.05) is 26.3 Å². The number of anilines is 1. The van der Waals surface area contributed by atoms with E-state index in [2.05, 4.69) is 9.88 Å². The minimum atomic E-state index is -0.632. The van der Waals surface area contributed by atoms with E-state index in [0.717, 1.165) is 32.5 Å². The smallest absolute Gasteiger partial charge is 0.414 e. The number of methoxy groups -OCH3 is 1. The Morgan fingerprint density at radius 2 is 2.04 bits per heavy atom. The van der Waals surface area contributed by atoms with Gasteiger partial charge in [0.05, 0.1) is 12.3 Å². The van der Waals surface area contributed by atoms with E-state index in [0.29, 0.717) is 24.8 Å². The topological polar surface area (TPSA) is 98.0 Å². The third-order valence-corrected chi connectivity index (χ3v) is 4.60. The van der Waals surface area contributed by atoms with Crippen molar-refractivity contribution in [2.45, 2.75) is 39.2 Å². The van der Waals surface area contributed by atoms with Crippen LogP contribution in [0.15, 0.2) is 18.3 Å². The fourth-order valence-electron chi connectivity index (χ4n) is 3.12. The number of nitro groups is 1. The van der Waals surface area contributed by atoms with Crippen molar-refractivity contribution in [3.63, 3.8) is 0 Å². The van der Waals surface area contributed by atoms with Crippen LogP contribution in [-0.2, 0) is 9.47 Å². The molecule has 2 heterocycles. The van der Waals surface area contributed by atoms with Gasteiger partial charge in [0.15, 0.2) is 6.20 Å². The summed E-state index contributed by atoms with van der Waals surface area (Å²) in [5, 5.41) is 10.9. The van der Waals surface area contributed by atoms with Crippen molar-refractivity contribution in [1.29, 1.82) is 0 Å². The van der Waals surface area contributed by atoms with Gasteiger partial charge < -0.3 is 24.5 Å². The molecule has 1 aliphatic rings. The fourth-order valence-corrected chi connectivity index (χ4v) is 3.12. The molecule has 0 N–H and O–H groups in total. The summed E-state index contributed by atoms with van der Waals surface area (Å²) >= 11 is 0. The Labute approximate surface area is 165 Å². The summed E-state index contributed by atoms with van der Waals surface area (Å²) in [6, 6.07) is 2.85. The van der Waals surface area contributed by atoms with E-state index in [1.54, 1.807) is 13.2 Å². The van der Waals surface area contributed by atoms with Crippen molar-refractivity contribution in [1.82, 2.24) is 9.88 Å². The van der Waals surface area contributed by atoms with Gasteiger partial charge in [-0.05, 0) is 68.6 Å². The zero-order valence-corrected chi connectivity index (χ0v) is 17.1. The zero-order chi connectivity index (χ0) is 20.7. The van der Waals surface area contributed by atoms with E-state index >= 15 is 0 Å². The lowest BCUT2D eigenvalue weighted by Crippen LogP contribution is -2.43. The number of rotatable bonds is 7. The lowest BCUT2D eigenvalue weighted by molar-refractivity contribution is -0.389. The predicted octanol–water partition coefficient (Wildman–Crippen LogP) is 3.09. The van der Waals surface area contributed by atoms with Crippen molar-refractivity contribution in [3.05, 3.63) is 28.4 Å². The summed E-state index contributed by atoms with van der Waals surface area (Å²) in [7, 11) is 1.70. The summed E-state index contributed by atoms with van der Waals surface area (Å²) in [5.74, 6) is 0.0702. The van der Waals surface area contributed by atoms with Gasteiger partial charge in [-0.15, -0.1) is 0 Å². The van der Waals surface area contributed by atoms with Crippen molar-refractivity contribution in [2.75, 3.05) is 44.8 Å². The van der Waals surface area contributed by atoms with Gasteiger partial charge in [0.2, 0.25) is 0 Å². The SMILES string of the molecule is COCCN1CCC(CN(C(=O)OC(C)(C)C)c2ccc([N+](=O)[O-])nc2)CC1. The van der Waals surface area contributed by atoms with Gasteiger partial charge >= 0.3 is 11.9 Å². The number of ether oxygens (including phenoxy) is 2. The number of hydrogen-bond donors (Lipinski definition) is 0. The van der Waals surface area contributed by atoms with Crippen LogP contribution >= 0.6 is 0 Å². The maximum Gasteiger partial charge on any atom is 0.414 e. The first-order valence-electron chi connectivity index (χ1n) is 9.52. The summed E-state index contributed by atoms with van der Waals surface area (Å²) in [6.45, 7) is 9.45. The largest absolute Gasteiger partial charge is 0.443 e. The van der Waals surface area contributed by atoms with Crippen molar-refractivity contribution in [2.24, 2.45) is 5.92 Å². The normalized spacial score (nSPS) is 16.0. The standard InChI is InChI=1S/C19H30N4O5/c1-19(2,3)28-18(24)22(16-5-6-17(20-13-16)23(25)26)14-15-7-9-21(10-8-15)11-12-27-4/h5-6,13,15H,7-12,14H2,1-4H3. The molecule has 1 aromatic rings. The van der Waals surface area contributed by atoms with Gasteiger partial charge in [0.1, 0.15) is 5.60 Å². The van der Waals surface area contributed by atoms with Gasteiger partial charge in [-0.1, -0.05) is 0 Å². The molecule has 9 heteroatoms. The molecule has 1 fully saturated rings. The molecule has 1 aliphatic heterocycles. The zero-order valence-electron chi connectivity index (χ0n) is 17.1. The molecule has 0 aromatic carbocycles. The van der Waals surface area contributed by atoms with Crippen molar-refractivity contribution >= 4 is 17.6 Å². The van der Waals surface area contributed by atoms with E-state index in [9.17, 15) is 14.9 Å². The summed E-state index contributed by atoms with van der Waals surface area (Å²) < 4.78 is 10.7. The maximum atomic E-state index is 12.8. The molecule has 1 amide bonds. The number of hydrogen-bond acceptors (Lipinski definition) is 7. The number of likely N-dealkylation sites (tertiary alicyclic amines) is 1. The van der Waals surface area contributed by atoms with Crippen LogP contribution in [0.5, 0.6) is 0 Å². The van der Waals surface area contributed by atoms with E-state index in [4.69, 9.17) is 9.47 Å². The lowest BCUT2D eigenvalue weighted by atomic mass is 9.96. The summed E-state index contributed by atoms with van der Waals surface area (Å²) in [4.78, 5) is 30.8. The van der Waals surface area contributed by atoms with Crippen molar-refractivity contribution in [3.8, 4) is 0 Å². The summed E-state index contributed by atoms with van der Waals surface area (Å²) in [6.07, 6.45) is 2.81. The molecule has 0 bridgehead atoms. The second kappa shape index (κ2) is 9.79. The Bertz CT molecular complexity index is 651. The van der Waals surface area contributed by atoms with E-state index < -0.39 is 16.6 Å². The Balaban J connectivity index is 2.08. The predicted molar refractivity (Wildman–Crippen MR) is 106 cm³/mol. The first-order chi connectivity index (χ1) is 13.2. The minimum absolute atomic E-state index is 0.251. The van der Waals surface area contributed by atoms with Gasteiger partial charge in [-0.3, -0.25) is 4.90 Å². The Hall–Kier alpha value is -2.26. The number of carbonyl (C=O) groups is 1. The Kier molecular flexibility index (Phi) is 7.70. The second-order valence-corrected chi connectivity index (χ2v) is 8.00. The number of nitrogens with zero attached hydrogens (tertiary/aromatic N) is 4. The molecule has 9 nitrogen and oxygen atoms in total. The highest BCUT2D eigenvalue weighted by Gasteiger charge is 2.29. The van der Waals surface area contributed by atoms with Crippen LogP contribution in [-0.4, -0.2) is 66.4 Å². The van der Waals surface area contributed by atoms with Crippen LogP contribution in [0.2, 0.25) is 0 Å².